The lowest BCUT2D eigenvalue weighted by atomic mass is 10.1. The van der Waals surface area contributed by atoms with Gasteiger partial charge < -0.3 is 14.6 Å². The van der Waals surface area contributed by atoms with Crippen molar-refractivity contribution in [2.45, 2.75) is 39.1 Å². The Kier molecular flexibility index (Phi) is 6.05. The van der Waals surface area contributed by atoms with Crippen molar-refractivity contribution >= 4 is 17.7 Å². The Balaban J connectivity index is 2.83. The van der Waals surface area contributed by atoms with Crippen molar-refractivity contribution in [3.05, 3.63) is 36.0 Å². The topological polar surface area (TPSA) is 89.9 Å². The zero-order valence-electron chi connectivity index (χ0n) is 12.1. The molecule has 114 valence electrons. The number of cyclic esters (lactones) is 1. The number of aliphatic hydroxyl groups is 1. The summed E-state index contributed by atoms with van der Waals surface area (Å²) in [7, 11) is 0. The van der Waals surface area contributed by atoms with Crippen LogP contribution in [0.1, 0.15) is 20.8 Å². The lowest BCUT2D eigenvalue weighted by Crippen LogP contribution is -2.35. The van der Waals surface area contributed by atoms with E-state index in [1.54, 1.807) is 19.9 Å². The first-order valence-corrected chi connectivity index (χ1v) is 6.48. The number of aliphatic hydroxyl groups excluding tert-OH is 1. The van der Waals surface area contributed by atoms with Gasteiger partial charge in [-0.1, -0.05) is 6.08 Å². The molecule has 1 aliphatic rings. The van der Waals surface area contributed by atoms with E-state index in [4.69, 9.17) is 14.6 Å². The molecule has 0 aromatic heterocycles. The second kappa shape index (κ2) is 7.54. The first-order chi connectivity index (χ1) is 9.85. The molecule has 1 aliphatic heterocycles. The van der Waals surface area contributed by atoms with Crippen LogP contribution in [-0.4, -0.2) is 41.1 Å². The highest BCUT2D eigenvalue weighted by Gasteiger charge is 2.28. The Morgan fingerprint density at radius 1 is 1.48 bits per heavy atom. The van der Waals surface area contributed by atoms with Gasteiger partial charge in [0, 0.05) is 11.6 Å². The molecule has 3 atom stereocenters. The normalized spacial score (nSPS) is 23.8. The number of rotatable bonds is 5. The smallest absolute Gasteiger partial charge is 0.334 e. The van der Waals surface area contributed by atoms with E-state index in [0.29, 0.717) is 5.57 Å². The van der Waals surface area contributed by atoms with E-state index in [1.165, 1.54) is 19.1 Å². The maximum atomic E-state index is 11.7. The van der Waals surface area contributed by atoms with Crippen molar-refractivity contribution in [3.8, 4) is 0 Å². The summed E-state index contributed by atoms with van der Waals surface area (Å²) in [6.07, 6.45) is 3.68. The lowest BCUT2D eigenvalue weighted by molar-refractivity contribution is -0.157. The van der Waals surface area contributed by atoms with Gasteiger partial charge in [-0.2, -0.15) is 0 Å². The van der Waals surface area contributed by atoms with Gasteiger partial charge in [0.1, 0.15) is 6.10 Å². The third-order valence-electron chi connectivity index (χ3n) is 2.86. The molecular formula is C15H18O6. The van der Waals surface area contributed by atoms with E-state index < -0.39 is 36.0 Å². The van der Waals surface area contributed by atoms with Gasteiger partial charge in [-0.3, -0.25) is 4.79 Å². The predicted octanol–water partition coefficient (Wildman–Crippen LogP) is 0.852. The van der Waals surface area contributed by atoms with Crippen molar-refractivity contribution in [2.75, 3.05) is 0 Å². The number of carbonyl (C=O) groups excluding carboxylic acids is 3. The van der Waals surface area contributed by atoms with Crippen molar-refractivity contribution in [2.24, 2.45) is 0 Å². The summed E-state index contributed by atoms with van der Waals surface area (Å²) < 4.78 is 10.2. The first kappa shape index (κ1) is 16.8. The van der Waals surface area contributed by atoms with Gasteiger partial charge in [-0.25, -0.2) is 9.59 Å². The Hall–Kier alpha value is -2.21. The van der Waals surface area contributed by atoms with Gasteiger partial charge in [0.2, 0.25) is 0 Å². The summed E-state index contributed by atoms with van der Waals surface area (Å²) >= 11 is 0. The number of hydrogen-bond donors (Lipinski definition) is 1. The van der Waals surface area contributed by atoms with Crippen molar-refractivity contribution in [3.63, 3.8) is 0 Å². The van der Waals surface area contributed by atoms with Crippen molar-refractivity contribution in [1.29, 1.82) is 0 Å². The van der Waals surface area contributed by atoms with Crippen LogP contribution in [0, 0.1) is 0 Å². The van der Waals surface area contributed by atoms with Crippen LogP contribution in [0.25, 0.3) is 0 Å². The molecule has 0 aliphatic carbocycles. The second-order valence-corrected chi connectivity index (χ2v) is 4.54. The van der Waals surface area contributed by atoms with Crippen LogP contribution >= 0.6 is 0 Å². The number of esters is 2. The summed E-state index contributed by atoms with van der Waals surface area (Å²) in [5.41, 5.74) is 0.420. The molecule has 0 fully saturated rings. The largest absolute Gasteiger partial charge is 0.451 e. The number of ether oxygens (including phenoxy) is 2. The molecule has 0 bridgehead atoms. The van der Waals surface area contributed by atoms with Crippen molar-refractivity contribution in [1.82, 2.24) is 0 Å². The number of carbonyl (C=O) groups is 3. The first-order valence-electron chi connectivity index (χ1n) is 6.48. The molecule has 0 radical (unpaired) electrons. The number of allylic oxidation sites excluding steroid dienone is 1. The average Bonchev–Trinajstić information content (AvgIpc) is 2.45. The molecule has 6 heteroatoms. The van der Waals surface area contributed by atoms with Crippen LogP contribution < -0.4 is 0 Å². The highest BCUT2D eigenvalue weighted by Crippen LogP contribution is 2.15. The molecule has 0 spiro atoms. The number of ketones is 1. The van der Waals surface area contributed by atoms with E-state index in [0.717, 1.165) is 12.2 Å². The second-order valence-electron chi connectivity index (χ2n) is 4.54. The third kappa shape index (κ3) is 5.00. The van der Waals surface area contributed by atoms with Gasteiger partial charge in [0.25, 0.3) is 0 Å². The van der Waals surface area contributed by atoms with Gasteiger partial charge in [0.15, 0.2) is 18.0 Å². The van der Waals surface area contributed by atoms with Crippen LogP contribution in [0.5, 0.6) is 0 Å². The fourth-order valence-corrected chi connectivity index (χ4v) is 1.44. The Morgan fingerprint density at radius 3 is 2.71 bits per heavy atom. The summed E-state index contributed by atoms with van der Waals surface area (Å²) in [6.45, 7) is 4.63. The Bertz CT molecular complexity index is 512. The van der Waals surface area contributed by atoms with E-state index in [1.807, 2.05) is 0 Å². The molecule has 0 aromatic rings. The zero-order chi connectivity index (χ0) is 16.0. The monoisotopic (exact) mass is 294 g/mol. The summed E-state index contributed by atoms with van der Waals surface area (Å²) in [6, 6.07) is 0. The number of hydrogen-bond acceptors (Lipinski definition) is 6. The summed E-state index contributed by atoms with van der Waals surface area (Å²) in [4.78, 5) is 34.3. The summed E-state index contributed by atoms with van der Waals surface area (Å²) in [5, 5.41) is 9.10. The third-order valence-corrected chi connectivity index (χ3v) is 2.86. The molecule has 0 aromatic carbocycles. The standard InChI is InChI=1S/C15H18O6/c1-4-9(2)15(19)21-13-7-8-14(18)20-12(13)6-5-11(17)10(3)16/h4-8,10,12-13,16H,1-3H3/b6-5+,9-4+/t10-,12+,13-/m0/s1. The van der Waals surface area contributed by atoms with Crippen LogP contribution in [-0.2, 0) is 23.9 Å². The maximum Gasteiger partial charge on any atom is 0.334 e. The molecule has 1 heterocycles. The molecule has 0 saturated carbocycles. The molecule has 21 heavy (non-hydrogen) atoms. The maximum absolute atomic E-state index is 11.7. The highest BCUT2D eigenvalue weighted by atomic mass is 16.6. The molecule has 1 N–H and O–H groups in total. The zero-order valence-corrected chi connectivity index (χ0v) is 12.1. The molecule has 0 saturated heterocycles. The van der Waals surface area contributed by atoms with Crippen LogP contribution in [0.4, 0.5) is 0 Å². The van der Waals surface area contributed by atoms with E-state index in [9.17, 15) is 14.4 Å². The van der Waals surface area contributed by atoms with E-state index in [-0.39, 0.29) is 0 Å². The van der Waals surface area contributed by atoms with E-state index >= 15 is 0 Å². The lowest BCUT2D eigenvalue weighted by Gasteiger charge is -2.25. The Morgan fingerprint density at radius 2 is 2.14 bits per heavy atom. The van der Waals surface area contributed by atoms with Crippen molar-refractivity contribution < 1.29 is 29.0 Å². The highest BCUT2D eigenvalue weighted by molar-refractivity contribution is 5.93. The minimum absolute atomic E-state index is 0.420. The molecule has 0 unspecified atom stereocenters. The Labute approximate surface area is 122 Å². The SMILES string of the molecule is C/C=C(\C)C(=O)O[C@H]1C=CC(=O)O[C@@H]1/C=C/C(=O)[C@H](C)O. The fraction of sp³-hybridized carbons (Fsp3) is 0.400. The van der Waals surface area contributed by atoms with Gasteiger partial charge in [0.05, 0.1) is 0 Å². The molecule has 1 rings (SSSR count). The van der Waals surface area contributed by atoms with E-state index in [2.05, 4.69) is 0 Å². The van der Waals surface area contributed by atoms with Gasteiger partial charge >= 0.3 is 11.9 Å². The average molecular weight is 294 g/mol. The fourth-order valence-electron chi connectivity index (χ4n) is 1.44. The summed E-state index contributed by atoms with van der Waals surface area (Å²) in [5.74, 6) is -1.66. The van der Waals surface area contributed by atoms with Crippen LogP contribution in [0.2, 0.25) is 0 Å². The quantitative estimate of drug-likeness (QED) is 0.597. The predicted molar refractivity (Wildman–Crippen MR) is 74.2 cm³/mol. The minimum atomic E-state index is -1.15. The van der Waals surface area contributed by atoms with Gasteiger partial charge in [-0.05, 0) is 39.0 Å². The molecule has 6 nitrogen and oxygen atoms in total. The van der Waals surface area contributed by atoms with Crippen LogP contribution in [0.3, 0.4) is 0 Å². The van der Waals surface area contributed by atoms with Crippen LogP contribution in [0.15, 0.2) is 36.0 Å². The molecule has 0 amide bonds. The minimum Gasteiger partial charge on any atom is -0.451 e. The molecular weight excluding hydrogens is 276 g/mol. The van der Waals surface area contributed by atoms with Gasteiger partial charge in [-0.15, -0.1) is 0 Å².